The lowest BCUT2D eigenvalue weighted by atomic mass is 10.1. The third-order valence-electron chi connectivity index (χ3n) is 2.38. The Bertz CT molecular complexity index is 626. The van der Waals surface area contributed by atoms with Crippen molar-refractivity contribution in [2.45, 2.75) is 27.7 Å². The first-order valence-corrected chi connectivity index (χ1v) is 6.33. The summed E-state index contributed by atoms with van der Waals surface area (Å²) in [5.74, 6) is -0.648. The summed E-state index contributed by atoms with van der Waals surface area (Å²) >= 11 is 0. The summed E-state index contributed by atoms with van der Waals surface area (Å²) in [5.41, 5.74) is 0.763. The quantitative estimate of drug-likeness (QED) is 0.615. The van der Waals surface area contributed by atoms with Crippen LogP contribution in [0.2, 0.25) is 0 Å². The molecular weight excluding hydrogens is 244 g/mol. The SMILES string of the molecule is CC.CCOC(=O)c1cc2cc(C)ccc2oc1=O. The first-order chi connectivity index (χ1) is 9.11. The van der Waals surface area contributed by atoms with Crippen molar-refractivity contribution < 1.29 is 13.9 Å². The van der Waals surface area contributed by atoms with Crippen LogP contribution in [0.3, 0.4) is 0 Å². The van der Waals surface area contributed by atoms with Crippen molar-refractivity contribution in [3.05, 3.63) is 45.8 Å². The average Bonchev–Trinajstić information content (AvgIpc) is 2.41. The molecule has 1 aromatic carbocycles. The third kappa shape index (κ3) is 3.44. The highest BCUT2D eigenvalue weighted by Crippen LogP contribution is 2.15. The van der Waals surface area contributed by atoms with Gasteiger partial charge in [-0.3, -0.25) is 0 Å². The van der Waals surface area contributed by atoms with Gasteiger partial charge in [0.1, 0.15) is 11.1 Å². The van der Waals surface area contributed by atoms with E-state index in [4.69, 9.17) is 9.15 Å². The molecule has 0 spiro atoms. The Kier molecular flexibility index (Phi) is 5.30. The average molecular weight is 262 g/mol. The van der Waals surface area contributed by atoms with Gasteiger partial charge in [0.05, 0.1) is 6.61 Å². The van der Waals surface area contributed by atoms with Crippen LogP contribution in [0.4, 0.5) is 0 Å². The molecular formula is C15H18O4. The number of aryl methyl sites for hydroxylation is 1. The summed E-state index contributed by atoms with van der Waals surface area (Å²) < 4.78 is 9.85. The number of hydrogen-bond donors (Lipinski definition) is 0. The molecule has 0 aliphatic heterocycles. The molecule has 0 aliphatic rings. The van der Waals surface area contributed by atoms with E-state index in [1.807, 2.05) is 32.9 Å². The van der Waals surface area contributed by atoms with Gasteiger partial charge in [0.15, 0.2) is 0 Å². The lowest BCUT2D eigenvalue weighted by molar-refractivity contribution is 0.0522. The summed E-state index contributed by atoms with van der Waals surface area (Å²) in [5, 5.41) is 0.715. The Morgan fingerprint density at radius 1 is 1.26 bits per heavy atom. The highest BCUT2D eigenvalue weighted by atomic mass is 16.5. The fourth-order valence-corrected chi connectivity index (χ4v) is 1.59. The third-order valence-corrected chi connectivity index (χ3v) is 2.38. The van der Waals surface area contributed by atoms with E-state index in [-0.39, 0.29) is 12.2 Å². The lowest BCUT2D eigenvalue weighted by Crippen LogP contribution is -2.16. The zero-order chi connectivity index (χ0) is 14.4. The second-order valence-corrected chi connectivity index (χ2v) is 3.71. The van der Waals surface area contributed by atoms with Gasteiger partial charge in [-0.25, -0.2) is 9.59 Å². The molecule has 0 bridgehead atoms. The number of esters is 1. The van der Waals surface area contributed by atoms with Gasteiger partial charge in [0.25, 0.3) is 0 Å². The van der Waals surface area contributed by atoms with Crippen LogP contribution < -0.4 is 5.63 Å². The van der Waals surface area contributed by atoms with Crippen LogP contribution in [0.15, 0.2) is 33.5 Å². The van der Waals surface area contributed by atoms with E-state index in [9.17, 15) is 9.59 Å². The van der Waals surface area contributed by atoms with Gasteiger partial charge < -0.3 is 9.15 Å². The molecule has 1 aromatic heterocycles. The Balaban J connectivity index is 0.000000861. The van der Waals surface area contributed by atoms with Crippen molar-refractivity contribution in [2.24, 2.45) is 0 Å². The number of carbonyl (C=O) groups is 1. The topological polar surface area (TPSA) is 56.5 Å². The van der Waals surface area contributed by atoms with Crippen LogP contribution in [-0.2, 0) is 4.74 Å². The molecule has 0 radical (unpaired) electrons. The molecule has 0 saturated carbocycles. The van der Waals surface area contributed by atoms with Crippen molar-refractivity contribution >= 4 is 16.9 Å². The summed E-state index contributed by atoms with van der Waals surface area (Å²) in [6.07, 6.45) is 0. The maximum Gasteiger partial charge on any atom is 0.351 e. The second-order valence-electron chi connectivity index (χ2n) is 3.71. The Morgan fingerprint density at radius 2 is 1.95 bits per heavy atom. The molecule has 4 nitrogen and oxygen atoms in total. The van der Waals surface area contributed by atoms with Crippen molar-refractivity contribution in [1.82, 2.24) is 0 Å². The van der Waals surface area contributed by atoms with Crippen molar-refractivity contribution in [2.75, 3.05) is 6.61 Å². The fourth-order valence-electron chi connectivity index (χ4n) is 1.59. The van der Waals surface area contributed by atoms with Crippen LogP contribution >= 0.6 is 0 Å². The summed E-state index contributed by atoms with van der Waals surface area (Å²) in [6, 6.07) is 6.91. The highest BCUT2D eigenvalue weighted by Gasteiger charge is 2.14. The van der Waals surface area contributed by atoms with Gasteiger partial charge >= 0.3 is 11.6 Å². The van der Waals surface area contributed by atoms with Crippen LogP contribution in [0.1, 0.15) is 36.7 Å². The lowest BCUT2D eigenvalue weighted by Gasteiger charge is -2.02. The maximum atomic E-state index is 11.6. The maximum absolute atomic E-state index is 11.6. The molecule has 0 aliphatic carbocycles. The monoisotopic (exact) mass is 262 g/mol. The highest BCUT2D eigenvalue weighted by molar-refractivity contribution is 5.92. The Morgan fingerprint density at radius 3 is 2.58 bits per heavy atom. The first-order valence-electron chi connectivity index (χ1n) is 6.33. The van der Waals surface area contributed by atoms with Crippen molar-refractivity contribution in [1.29, 1.82) is 0 Å². The van der Waals surface area contributed by atoms with Crippen molar-refractivity contribution in [3.63, 3.8) is 0 Å². The molecule has 1 heterocycles. The minimum absolute atomic E-state index is 0.0649. The molecule has 0 saturated heterocycles. The van der Waals surface area contributed by atoms with Crippen molar-refractivity contribution in [3.8, 4) is 0 Å². The van der Waals surface area contributed by atoms with E-state index >= 15 is 0 Å². The second kappa shape index (κ2) is 6.73. The number of fused-ring (bicyclic) bond motifs is 1. The van der Waals surface area contributed by atoms with Gasteiger partial charge in [0, 0.05) is 5.39 Å². The summed E-state index contributed by atoms with van der Waals surface area (Å²) in [4.78, 5) is 23.1. The van der Waals surface area contributed by atoms with Crippen LogP contribution in [0.25, 0.3) is 11.0 Å². The molecule has 2 rings (SSSR count). The Labute approximate surface area is 112 Å². The van der Waals surface area contributed by atoms with Crippen LogP contribution in [-0.4, -0.2) is 12.6 Å². The van der Waals surface area contributed by atoms with Gasteiger partial charge in [-0.05, 0) is 32.0 Å². The van der Waals surface area contributed by atoms with E-state index in [1.54, 1.807) is 13.0 Å². The molecule has 0 atom stereocenters. The van der Waals surface area contributed by atoms with Crippen LogP contribution in [0.5, 0.6) is 0 Å². The zero-order valence-corrected chi connectivity index (χ0v) is 11.6. The molecule has 19 heavy (non-hydrogen) atoms. The minimum atomic E-state index is -0.667. The van der Waals surface area contributed by atoms with E-state index in [0.29, 0.717) is 11.0 Å². The number of rotatable bonds is 2. The van der Waals surface area contributed by atoms with E-state index in [0.717, 1.165) is 5.56 Å². The number of hydrogen-bond acceptors (Lipinski definition) is 4. The summed E-state index contributed by atoms with van der Waals surface area (Å²) in [7, 11) is 0. The molecule has 0 fully saturated rings. The van der Waals surface area contributed by atoms with E-state index in [2.05, 4.69) is 0 Å². The minimum Gasteiger partial charge on any atom is -0.462 e. The molecule has 102 valence electrons. The first kappa shape index (κ1) is 15.0. The largest absolute Gasteiger partial charge is 0.462 e. The predicted molar refractivity (Wildman–Crippen MR) is 74.5 cm³/mol. The molecule has 4 heteroatoms. The smallest absolute Gasteiger partial charge is 0.351 e. The Hall–Kier alpha value is -2.10. The molecule has 0 amide bonds. The van der Waals surface area contributed by atoms with Gasteiger partial charge in [-0.1, -0.05) is 25.5 Å². The number of carbonyl (C=O) groups excluding carboxylic acids is 1. The molecule has 2 aromatic rings. The van der Waals surface area contributed by atoms with E-state index in [1.165, 1.54) is 6.07 Å². The van der Waals surface area contributed by atoms with Gasteiger partial charge in [-0.2, -0.15) is 0 Å². The predicted octanol–water partition coefficient (Wildman–Crippen LogP) is 3.30. The van der Waals surface area contributed by atoms with Gasteiger partial charge in [0.2, 0.25) is 0 Å². The zero-order valence-electron chi connectivity index (χ0n) is 11.6. The summed E-state index contributed by atoms with van der Waals surface area (Å²) in [6.45, 7) is 7.84. The standard InChI is InChI=1S/C13H12O4.C2H6/c1-3-16-12(14)10-7-9-6-8(2)4-5-11(9)17-13(10)15;1-2/h4-7H,3H2,1-2H3;1-2H3. The van der Waals surface area contributed by atoms with Gasteiger partial charge in [-0.15, -0.1) is 0 Å². The van der Waals surface area contributed by atoms with E-state index < -0.39 is 11.6 Å². The number of benzene rings is 1. The normalized spacial score (nSPS) is 9.68. The molecule has 0 unspecified atom stereocenters. The molecule has 0 N–H and O–H groups in total. The van der Waals surface area contributed by atoms with Crippen LogP contribution in [0, 0.1) is 6.92 Å². The fraction of sp³-hybridized carbons (Fsp3) is 0.333. The number of ether oxygens (including phenoxy) is 1.